The standard InChI is InChI=1S/C19H22ClNO4S/c1-13(2)19(22)21(16-8-9-26(23,24)12-16)11-17-6-7-18(25-17)14-4-3-5-15(20)10-14/h3-7,10,13,16H,8-9,11-12H2,1-2H3/t16-/m0/s1. The molecule has 1 atom stereocenters. The Hall–Kier alpha value is -1.79. The highest BCUT2D eigenvalue weighted by Gasteiger charge is 2.35. The molecule has 5 nitrogen and oxygen atoms in total. The van der Waals surface area contributed by atoms with Crippen LogP contribution in [0.4, 0.5) is 0 Å². The van der Waals surface area contributed by atoms with E-state index in [0.29, 0.717) is 23.0 Å². The van der Waals surface area contributed by atoms with Gasteiger partial charge < -0.3 is 9.32 Å². The molecular weight excluding hydrogens is 374 g/mol. The number of furan rings is 1. The minimum absolute atomic E-state index is 0.0211. The SMILES string of the molecule is CC(C)C(=O)N(Cc1ccc(-c2cccc(Cl)c2)o1)[C@H]1CCS(=O)(=O)C1. The Morgan fingerprint density at radius 3 is 2.69 bits per heavy atom. The van der Waals surface area contributed by atoms with Gasteiger partial charge in [0.05, 0.1) is 18.1 Å². The van der Waals surface area contributed by atoms with Gasteiger partial charge in [0.15, 0.2) is 9.84 Å². The second kappa shape index (κ2) is 7.45. The normalized spacial score (nSPS) is 19.0. The Bertz CT molecular complexity index is 904. The number of carbonyl (C=O) groups excluding carboxylic acids is 1. The predicted octanol–water partition coefficient (Wildman–Crippen LogP) is 3.77. The molecule has 2 aromatic rings. The molecule has 1 fully saturated rings. The molecule has 3 rings (SSSR count). The van der Waals surface area contributed by atoms with E-state index < -0.39 is 9.84 Å². The first-order chi connectivity index (χ1) is 12.2. The fourth-order valence-corrected chi connectivity index (χ4v) is 5.09. The van der Waals surface area contributed by atoms with Crippen molar-refractivity contribution in [3.8, 4) is 11.3 Å². The molecule has 2 heterocycles. The van der Waals surface area contributed by atoms with E-state index in [1.807, 2.05) is 44.2 Å². The molecule has 1 amide bonds. The van der Waals surface area contributed by atoms with E-state index in [1.165, 1.54) is 0 Å². The minimum atomic E-state index is -3.07. The number of hydrogen-bond donors (Lipinski definition) is 0. The molecule has 1 aliphatic rings. The zero-order valence-corrected chi connectivity index (χ0v) is 16.4. The zero-order chi connectivity index (χ0) is 18.9. The van der Waals surface area contributed by atoms with Crippen molar-refractivity contribution in [3.63, 3.8) is 0 Å². The zero-order valence-electron chi connectivity index (χ0n) is 14.8. The molecule has 0 radical (unpaired) electrons. The molecule has 26 heavy (non-hydrogen) atoms. The number of amides is 1. The minimum Gasteiger partial charge on any atom is -0.459 e. The van der Waals surface area contributed by atoms with Crippen LogP contribution in [0.15, 0.2) is 40.8 Å². The number of benzene rings is 1. The van der Waals surface area contributed by atoms with Crippen LogP contribution >= 0.6 is 11.6 Å². The summed E-state index contributed by atoms with van der Waals surface area (Å²) in [5.41, 5.74) is 0.855. The fourth-order valence-electron chi connectivity index (χ4n) is 3.17. The lowest BCUT2D eigenvalue weighted by Crippen LogP contribution is -2.42. The molecule has 1 aromatic heterocycles. The summed E-state index contributed by atoms with van der Waals surface area (Å²) in [7, 11) is -3.07. The highest BCUT2D eigenvalue weighted by atomic mass is 35.5. The Kier molecular flexibility index (Phi) is 5.44. The van der Waals surface area contributed by atoms with E-state index in [2.05, 4.69) is 0 Å². The molecule has 1 saturated heterocycles. The van der Waals surface area contributed by atoms with E-state index in [0.717, 1.165) is 5.56 Å². The van der Waals surface area contributed by atoms with Crippen molar-refractivity contribution in [1.29, 1.82) is 0 Å². The molecule has 0 N–H and O–H groups in total. The largest absolute Gasteiger partial charge is 0.459 e. The van der Waals surface area contributed by atoms with Crippen LogP contribution in [0.25, 0.3) is 11.3 Å². The third-order valence-corrected chi connectivity index (χ3v) is 6.51. The van der Waals surface area contributed by atoms with E-state index in [-0.39, 0.29) is 35.9 Å². The first-order valence-electron chi connectivity index (χ1n) is 8.61. The van der Waals surface area contributed by atoms with Crippen LogP contribution in [0.1, 0.15) is 26.0 Å². The summed E-state index contributed by atoms with van der Waals surface area (Å²) in [5.74, 6) is 1.17. The summed E-state index contributed by atoms with van der Waals surface area (Å²) in [6, 6.07) is 10.7. The van der Waals surface area contributed by atoms with E-state index >= 15 is 0 Å². The molecule has 0 saturated carbocycles. The molecule has 0 unspecified atom stereocenters. The first kappa shape index (κ1) is 19.0. The van der Waals surface area contributed by atoms with Gasteiger partial charge in [0.2, 0.25) is 5.91 Å². The maximum Gasteiger partial charge on any atom is 0.225 e. The van der Waals surface area contributed by atoms with Crippen LogP contribution in [0.3, 0.4) is 0 Å². The quantitative estimate of drug-likeness (QED) is 0.772. The maximum atomic E-state index is 12.6. The Labute approximate surface area is 158 Å². The van der Waals surface area contributed by atoms with Crippen molar-refractivity contribution in [1.82, 2.24) is 4.90 Å². The number of nitrogens with zero attached hydrogens (tertiary/aromatic N) is 1. The van der Waals surface area contributed by atoms with Gasteiger partial charge >= 0.3 is 0 Å². The maximum absolute atomic E-state index is 12.6. The lowest BCUT2D eigenvalue weighted by molar-refractivity contribution is -0.137. The van der Waals surface area contributed by atoms with E-state index in [9.17, 15) is 13.2 Å². The third-order valence-electron chi connectivity index (χ3n) is 4.52. The lowest BCUT2D eigenvalue weighted by atomic mass is 10.1. The van der Waals surface area contributed by atoms with Crippen LogP contribution in [-0.2, 0) is 21.2 Å². The number of halogens is 1. The first-order valence-corrected chi connectivity index (χ1v) is 10.8. The number of sulfone groups is 1. The van der Waals surface area contributed by atoms with Gasteiger partial charge in [-0.3, -0.25) is 4.79 Å². The molecule has 1 aliphatic heterocycles. The van der Waals surface area contributed by atoms with Crippen LogP contribution in [0.5, 0.6) is 0 Å². The van der Waals surface area contributed by atoms with Gasteiger partial charge in [-0.15, -0.1) is 0 Å². The Morgan fingerprint density at radius 2 is 2.08 bits per heavy atom. The summed E-state index contributed by atoms with van der Waals surface area (Å²) in [6.45, 7) is 3.90. The van der Waals surface area contributed by atoms with Crippen molar-refractivity contribution in [2.75, 3.05) is 11.5 Å². The molecule has 0 spiro atoms. The smallest absolute Gasteiger partial charge is 0.225 e. The van der Waals surface area contributed by atoms with Gasteiger partial charge in [-0.25, -0.2) is 8.42 Å². The monoisotopic (exact) mass is 395 g/mol. The topological polar surface area (TPSA) is 67.6 Å². The lowest BCUT2D eigenvalue weighted by Gasteiger charge is -2.29. The van der Waals surface area contributed by atoms with Crippen LogP contribution < -0.4 is 0 Å². The van der Waals surface area contributed by atoms with Crippen molar-refractivity contribution >= 4 is 27.3 Å². The fraction of sp³-hybridized carbons (Fsp3) is 0.421. The van der Waals surface area contributed by atoms with Crippen molar-refractivity contribution in [2.24, 2.45) is 5.92 Å². The summed E-state index contributed by atoms with van der Waals surface area (Å²) < 4.78 is 29.6. The van der Waals surface area contributed by atoms with Gasteiger partial charge in [0, 0.05) is 22.5 Å². The second-order valence-electron chi connectivity index (χ2n) is 6.95. The number of carbonyl (C=O) groups is 1. The molecule has 7 heteroatoms. The number of rotatable bonds is 5. The van der Waals surface area contributed by atoms with E-state index in [4.69, 9.17) is 16.0 Å². The summed E-state index contributed by atoms with van der Waals surface area (Å²) >= 11 is 6.02. The highest BCUT2D eigenvalue weighted by Crippen LogP contribution is 2.27. The van der Waals surface area contributed by atoms with Crippen molar-refractivity contribution in [3.05, 3.63) is 47.2 Å². The molecule has 0 aliphatic carbocycles. The number of hydrogen-bond acceptors (Lipinski definition) is 4. The average Bonchev–Trinajstić information content (AvgIpc) is 3.18. The van der Waals surface area contributed by atoms with E-state index in [1.54, 1.807) is 11.0 Å². The summed E-state index contributed by atoms with van der Waals surface area (Å²) in [6.07, 6.45) is 0.475. The van der Waals surface area contributed by atoms with Crippen LogP contribution in [0, 0.1) is 5.92 Å². The summed E-state index contributed by atoms with van der Waals surface area (Å²) in [4.78, 5) is 14.3. The molecule has 1 aromatic carbocycles. The van der Waals surface area contributed by atoms with Crippen molar-refractivity contribution < 1.29 is 17.6 Å². The van der Waals surface area contributed by atoms with Gasteiger partial charge in [-0.05, 0) is 30.7 Å². The average molecular weight is 396 g/mol. The van der Waals surface area contributed by atoms with Gasteiger partial charge in [-0.2, -0.15) is 0 Å². The second-order valence-corrected chi connectivity index (χ2v) is 9.62. The van der Waals surface area contributed by atoms with Crippen LogP contribution in [0.2, 0.25) is 5.02 Å². The van der Waals surface area contributed by atoms with Crippen molar-refractivity contribution in [2.45, 2.75) is 32.9 Å². The Balaban J connectivity index is 1.82. The van der Waals surface area contributed by atoms with Gasteiger partial charge in [-0.1, -0.05) is 37.6 Å². The highest BCUT2D eigenvalue weighted by molar-refractivity contribution is 7.91. The van der Waals surface area contributed by atoms with Gasteiger partial charge in [0.1, 0.15) is 11.5 Å². The summed E-state index contributed by atoms with van der Waals surface area (Å²) in [5, 5.41) is 0.619. The molecule has 140 valence electrons. The third kappa shape index (κ3) is 4.30. The predicted molar refractivity (Wildman–Crippen MR) is 102 cm³/mol. The van der Waals surface area contributed by atoms with Gasteiger partial charge in [0.25, 0.3) is 0 Å². The molecular formula is C19H22ClNO4S. The Morgan fingerprint density at radius 1 is 1.31 bits per heavy atom. The van der Waals surface area contributed by atoms with Crippen LogP contribution in [-0.4, -0.2) is 36.8 Å². The molecule has 0 bridgehead atoms.